The van der Waals surface area contributed by atoms with Crippen molar-refractivity contribution in [2.75, 3.05) is 26.9 Å². The van der Waals surface area contributed by atoms with Gasteiger partial charge in [-0.3, -0.25) is 14.5 Å². The zero-order valence-corrected chi connectivity index (χ0v) is 23.1. The van der Waals surface area contributed by atoms with Gasteiger partial charge in [-0.15, -0.1) is 0 Å². The Hall–Kier alpha value is -2.20. The molecular weight excluding hydrogens is 565 g/mol. The first-order valence-corrected chi connectivity index (χ1v) is 13.1. The van der Waals surface area contributed by atoms with Crippen molar-refractivity contribution >= 4 is 51.6 Å². The maximum absolute atomic E-state index is 12.9. The summed E-state index contributed by atoms with van der Waals surface area (Å²) in [5.74, 6) is 2.08. The topological polar surface area (TPSA) is 65.1 Å². The highest BCUT2D eigenvalue weighted by molar-refractivity contribution is 14.1. The summed E-state index contributed by atoms with van der Waals surface area (Å²) in [6, 6.07) is 9.84. The summed E-state index contributed by atoms with van der Waals surface area (Å²) in [6.07, 6.45) is 2.61. The zero-order chi connectivity index (χ0) is 24.8. The molecule has 8 heteroatoms. The summed E-state index contributed by atoms with van der Waals surface area (Å²) in [5.41, 5.74) is 2.98. The predicted molar refractivity (Wildman–Crippen MR) is 145 cm³/mol. The third kappa shape index (κ3) is 6.27. The van der Waals surface area contributed by atoms with Gasteiger partial charge in [0.2, 0.25) is 0 Å². The molecule has 2 aromatic carbocycles. The Kier molecular flexibility index (Phi) is 9.30. The third-order valence-corrected chi connectivity index (χ3v) is 6.95. The van der Waals surface area contributed by atoms with Crippen molar-refractivity contribution in [3.63, 3.8) is 0 Å². The van der Waals surface area contributed by atoms with E-state index in [9.17, 15) is 9.59 Å². The Labute approximate surface area is 219 Å². The van der Waals surface area contributed by atoms with Crippen LogP contribution in [0.1, 0.15) is 49.8 Å². The lowest BCUT2D eigenvalue weighted by Gasteiger charge is -2.17. The molecule has 1 heterocycles. The fourth-order valence-corrected chi connectivity index (χ4v) is 5.15. The lowest BCUT2D eigenvalue weighted by Crippen LogP contribution is -2.32. The zero-order valence-electron chi connectivity index (χ0n) is 20.1. The highest BCUT2D eigenvalue weighted by Crippen LogP contribution is 2.37. The molecule has 3 rings (SSSR count). The Morgan fingerprint density at radius 1 is 1.09 bits per heavy atom. The quantitative estimate of drug-likeness (QED) is 0.227. The number of hydrogen-bond donors (Lipinski definition) is 0. The molecule has 182 valence electrons. The second kappa shape index (κ2) is 12.0. The van der Waals surface area contributed by atoms with Crippen molar-refractivity contribution in [3.8, 4) is 17.2 Å². The van der Waals surface area contributed by atoms with Crippen LogP contribution in [0.5, 0.6) is 17.2 Å². The number of imide groups is 1. The van der Waals surface area contributed by atoms with Gasteiger partial charge in [-0.25, -0.2) is 0 Å². The van der Waals surface area contributed by atoms with E-state index in [2.05, 4.69) is 48.6 Å². The Balaban J connectivity index is 1.71. The fourth-order valence-electron chi connectivity index (χ4n) is 3.50. The number of methoxy groups -OCH3 is 1. The summed E-state index contributed by atoms with van der Waals surface area (Å²) in [6.45, 7) is 9.29. The lowest BCUT2D eigenvalue weighted by atomic mass is 10.0. The number of halogens is 1. The summed E-state index contributed by atoms with van der Waals surface area (Å²) in [7, 11) is 1.58. The minimum atomic E-state index is -0.313. The van der Waals surface area contributed by atoms with Gasteiger partial charge in [0.15, 0.2) is 11.5 Å². The van der Waals surface area contributed by atoms with Crippen molar-refractivity contribution < 1.29 is 23.8 Å². The van der Waals surface area contributed by atoms with E-state index in [1.165, 1.54) is 4.90 Å². The molecule has 0 bridgehead atoms. The standard InChI is InChI=1S/C26H30INO5S/c1-6-10-33-24-20(27)13-18(14-22(24)31-5)15-23-25(29)28(26(30)34-23)9-11-32-21-12-17(4)7-8-19(21)16(2)3/h7-8,12-16H,6,9-11H2,1-5H3/b23-15-. The van der Waals surface area contributed by atoms with Gasteiger partial charge in [0.25, 0.3) is 11.1 Å². The van der Waals surface area contributed by atoms with Crippen LogP contribution < -0.4 is 14.2 Å². The Bertz CT molecular complexity index is 1100. The van der Waals surface area contributed by atoms with Crippen molar-refractivity contribution in [1.82, 2.24) is 4.90 Å². The van der Waals surface area contributed by atoms with Gasteiger partial charge in [-0.1, -0.05) is 32.9 Å². The van der Waals surface area contributed by atoms with Crippen molar-refractivity contribution in [1.29, 1.82) is 0 Å². The number of carbonyl (C=O) groups is 2. The number of aryl methyl sites for hydroxylation is 1. The summed E-state index contributed by atoms with van der Waals surface area (Å²) in [5, 5.41) is -0.294. The molecule has 0 aliphatic carbocycles. The SMILES string of the molecule is CCCOc1c(I)cc(/C=C2\SC(=O)N(CCOc3cc(C)ccc3C(C)C)C2=O)cc1OC. The number of carbonyl (C=O) groups excluding carboxylic acids is 2. The number of benzene rings is 2. The average Bonchev–Trinajstić information content (AvgIpc) is 3.05. The number of amides is 2. The van der Waals surface area contributed by atoms with Gasteiger partial charge >= 0.3 is 0 Å². The predicted octanol–water partition coefficient (Wildman–Crippen LogP) is 6.64. The van der Waals surface area contributed by atoms with Crippen LogP contribution in [-0.2, 0) is 4.79 Å². The molecule has 0 radical (unpaired) electrons. The minimum Gasteiger partial charge on any atom is -0.493 e. The van der Waals surface area contributed by atoms with Crippen LogP contribution in [0, 0.1) is 10.5 Å². The maximum Gasteiger partial charge on any atom is 0.293 e. The molecule has 1 aliphatic rings. The van der Waals surface area contributed by atoms with E-state index in [4.69, 9.17) is 14.2 Å². The molecule has 34 heavy (non-hydrogen) atoms. The molecule has 0 spiro atoms. The summed E-state index contributed by atoms with van der Waals surface area (Å²) < 4.78 is 18.1. The smallest absolute Gasteiger partial charge is 0.293 e. The van der Waals surface area contributed by atoms with E-state index in [0.29, 0.717) is 28.9 Å². The molecule has 1 fully saturated rings. The van der Waals surface area contributed by atoms with Crippen LogP contribution in [0.2, 0.25) is 0 Å². The van der Waals surface area contributed by atoms with Gasteiger partial charge in [0.05, 0.1) is 28.7 Å². The average molecular weight is 595 g/mol. The molecule has 1 aliphatic heterocycles. The highest BCUT2D eigenvalue weighted by atomic mass is 127. The fraction of sp³-hybridized carbons (Fsp3) is 0.385. The summed E-state index contributed by atoms with van der Waals surface area (Å²) in [4.78, 5) is 27.1. The van der Waals surface area contributed by atoms with Gasteiger partial charge in [-0.2, -0.15) is 0 Å². The first kappa shape index (κ1) is 26.4. The normalized spacial score (nSPS) is 14.9. The van der Waals surface area contributed by atoms with Crippen molar-refractivity contribution in [3.05, 3.63) is 55.5 Å². The molecule has 6 nitrogen and oxygen atoms in total. The largest absolute Gasteiger partial charge is 0.493 e. The molecule has 0 atom stereocenters. The van der Waals surface area contributed by atoms with Gasteiger partial charge in [0, 0.05) is 0 Å². The lowest BCUT2D eigenvalue weighted by molar-refractivity contribution is -0.123. The van der Waals surface area contributed by atoms with Crippen molar-refractivity contribution in [2.24, 2.45) is 0 Å². The molecular formula is C26H30INO5S. The van der Waals surface area contributed by atoms with E-state index in [1.807, 2.05) is 32.0 Å². The van der Waals surface area contributed by atoms with E-state index in [0.717, 1.165) is 44.2 Å². The van der Waals surface area contributed by atoms with Gasteiger partial charge < -0.3 is 14.2 Å². The number of hydrogen-bond acceptors (Lipinski definition) is 6. The van der Waals surface area contributed by atoms with Crippen LogP contribution >= 0.6 is 34.4 Å². The number of nitrogens with zero attached hydrogens (tertiary/aromatic N) is 1. The Morgan fingerprint density at radius 2 is 1.85 bits per heavy atom. The van der Waals surface area contributed by atoms with Crippen molar-refractivity contribution in [2.45, 2.75) is 40.0 Å². The van der Waals surface area contributed by atoms with Crippen LogP contribution in [0.25, 0.3) is 6.08 Å². The third-order valence-electron chi connectivity index (χ3n) is 5.24. The van der Waals surface area contributed by atoms with Crippen LogP contribution in [0.3, 0.4) is 0 Å². The highest BCUT2D eigenvalue weighted by Gasteiger charge is 2.35. The monoisotopic (exact) mass is 595 g/mol. The number of rotatable bonds is 10. The minimum absolute atomic E-state index is 0.193. The molecule has 2 aromatic rings. The summed E-state index contributed by atoms with van der Waals surface area (Å²) >= 11 is 3.13. The van der Waals surface area contributed by atoms with E-state index in [-0.39, 0.29) is 24.3 Å². The maximum atomic E-state index is 12.9. The van der Waals surface area contributed by atoms with Gasteiger partial charge in [-0.05, 0) is 94.6 Å². The van der Waals surface area contributed by atoms with E-state index >= 15 is 0 Å². The first-order valence-electron chi connectivity index (χ1n) is 11.2. The molecule has 2 amide bonds. The molecule has 0 saturated carbocycles. The van der Waals surface area contributed by atoms with Crippen LogP contribution in [0.4, 0.5) is 4.79 Å². The van der Waals surface area contributed by atoms with Crippen LogP contribution in [0.15, 0.2) is 35.2 Å². The molecule has 0 unspecified atom stereocenters. The second-order valence-electron chi connectivity index (χ2n) is 8.26. The van der Waals surface area contributed by atoms with Gasteiger partial charge in [0.1, 0.15) is 12.4 Å². The molecule has 0 aromatic heterocycles. The molecule has 1 saturated heterocycles. The van der Waals surface area contributed by atoms with E-state index < -0.39 is 0 Å². The number of thioether (sulfide) groups is 1. The first-order chi connectivity index (χ1) is 16.2. The van der Waals surface area contributed by atoms with E-state index in [1.54, 1.807) is 13.2 Å². The second-order valence-corrected chi connectivity index (χ2v) is 10.4. The molecule has 0 N–H and O–H groups in total. The van der Waals surface area contributed by atoms with Crippen LogP contribution in [-0.4, -0.2) is 42.9 Å². The number of ether oxygens (including phenoxy) is 3. The Morgan fingerprint density at radius 3 is 2.53 bits per heavy atom.